The predicted molar refractivity (Wildman–Crippen MR) is 88.5 cm³/mol. The van der Waals surface area contributed by atoms with Crippen LogP contribution in [0.25, 0.3) is 0 Å². The molecule has 5 nitrogen and oxygen atoms in total. The third-order valence-electron chi connectivity index (χ3n) is 2.86. The first-order chi connectivity index (χ1) is 10.6. The number of carbonyl (C=O) groups excluding carboxylic acids is 1. The quantitative estimate of drug-likeness (QED) is 0.852. The van der Waals surface area contributed by atoms with Crippen molar-refractivity contribution in [1.29, 1.82) is 0 Å². The van der Waals surface area contributed by atoms with Crippen LogP contribution in [0, 0.1) is 0 Å². The Labute approximate surface area is 134 Å². The van der Waals surface area contributed by atoms with E-state index in [1.165, 1.54) is 6.92 Å². The number of amides is 1. The van der Waals surface area contributed by atoms with Gasteiger partial charge in [-0.3, -0.25) is 9.78 Å². The first-order valence-electron chi connectivity index (χ1n) is 6.97. The average Bonchev–Trinajstić information content (AvgIpc) is 2.48. The van der Waals surface area contributed by atoms with Gasteiger partial charge in [0, 0.05) is 12.6 Å². The molecule has 0 radical (unpaired) electrons. The highest BCUT2D eigenvalue weighted by Crippen LogP contribution is 2.26. The molecule has 0 unspecified atom stereocenters. The lowest BCUT2D eigenvalue weighted by atomic mass is 10.2. The minimum absolute atomic E-state index is 0.129. The van der Waals surface area contributed by atoms with E-state index >= 15 is 0 Å². The van der Waals surface area contributed by atoms with Crippen molar-refractivity contribution in [1.82, 2.24) is 4.98 Å². The number of pyridine rings is 1. The number of carbonyl (C=O) groups is 1. The second kappa shape index (κ2) is 7.66. The van der Waals surface area contributed by atoms with Crippen LogP contribution in [0.1, 0.15) is 19.5 Å². The van der Waals surface area contributed by atoms with Gasteiger partial charge in [0.25, 0.3) is 0 Å². The van der Waals surface area contributed by atoms with Crippen LogP contribution >= 0.6 is 11.6 Å². The summed E-state index contributed by atoms with van der Waals surface area (Å²) in [6.07, 6.45) is 1.70. The number of anilines is 2. The molecule has 0 aliphatic heterocycles. The number of nitrogens with zero attached hydrogens (tertiary/aromatic N) is 1. The van der Waals surface area contributed by atoms with Gasteiger partial charge in [0.05, 0.1) is 35.8 Å². The molecule has 2 N–H and O–H groups in total. The Bertz CT molecular complexity index is 644. The molecule has 1 amide bonds. The van der Waals surface area contributed by atoms with Gasteiger partial charge in [-0.05, 0) is 37.3 Å². The number of rotatable bonds is 6. The molecule has 2 rings (SSSR count). The van der Waals surface area contributed by atoms with Crippen LogP contribution in [0.2, 0.25) is 5.02 Å². The van der Waals surface area contributed by atoms with Gasteiger partial charge >= 0.3 is 0 Å². The van der Waals surface area contributed by atoms with Crippen LogP contribution in [-0.4, -0.2) is 17.5 Å². The second-order valence-electron chi connectivity index (χ2n) is 4.65. The molecule has 0 saturated carbocycles. The normalized spacial score (nSPS) is 10.1. The van der Waals surface area contributed by atoms with Gasteiger partial charge in [-0.15, -0.1) is 0 Å². The zero-order chi connectivity index (χ0) is 15.9. The highest BCUT2D eigenvalue weighted by Gasteiger charge is 2.04. The average molecular weight is 320 g/mol. The van der Waals surface area contributed by atoms with Crippen molar-refractivity contribution in [2.75, 3.05) is 17.2 Å². The third-order valence-corrected chi connectivity index (χ3v) is 3.17. The number of aromatic nitrogens is 1. The molecule has 0 atom stereocenters. The second-order valence-corrected chi connectivity index (χ2v) is 5.05. The standard InChI is InChI=1S/C16H18ClN3O2/c1-3-22-14-6-4-13(18-10-14)9-19-16-7-5-12(8-15(16)17)20-11(2)21/h4-8,10,19H,3,9H2,1-2H3,(H,20,21). The number of nitrogens with one attached hydrogen (secondary N) is 2. The largest absolute Gasteiger partial charge is 0.492 e. The number of halogens is 1. The van der Waals surface area contributed by atoms with E-state index in [1.54, 1.807) is 18.3 Å². The Hall–Kier alpha value is -2.27. The molecular weight excluding hydrogens is 302 g/mol. The van der Waals surface area contributed by atoms with E-state index in [2.05, 4.69) is 15.6 Å². The van der Waals surface area contributed by atoms with Crippen molar-refractivity contribution >= 4 is 28.9 Å². The molecule has 0 bridgehead atoms. The van der Waals surface area contributed by atoms with Crippen LogP contribution in [0.15, 0.2) is 36.5 Å². The molecule has 6 heteroatoms. The van der Waals surface area contributed by atoms with Gasteiger partial charge in [-0.2, -0.15) is 0 Å². The molecule has 0 saturated heterocycles. The van der Waals surface area contributed by atoms with Gasteiger partial charge in [0.1, 0.15) is 5.75 Å². The number of hydrogen-bond donors (Lipinski definition) is 2. The molecule has 0 spiro atoms. The number of ether oxygens (including phenoxy) is 1. The summed E-state index contributed by atoms with van der Waals surface area (Å²) in [4.78, 5) is 15.3. The predicted octanol–water partition coefficient (Wildman–Crippen LogP) is 3.70. The van der Waals surface area contributed by atoms with Gasteiger partial charge in [-0.25, -0.2) is 0 Å². The Morgan fingerprint density at radius 3 is 2.73 bits per heavy atom. The number of benzene rings is 1. The summed E-state index contributed by atoms with van der Waals surface area (Å²) in [7, 11) is 0. The van der Waals surface area contributed by atoms with E-state index < -0.39 is 0 Å². The summed E-state index contributed by atoms with van der Waals surface area (Å²) in [5.74, 6) is 0.624. The minimum atomic E-state index is -0.129. The zero-order valence-corrected chi connectivity index (χ0v) is 13.3. The SMILES string of the molecule is CCOc1ccc(CNc2ccc(NC(C)=O)cc2Cl)nc1. The highest BCUT2D eigenvalue weighted by atomic mass is 35.5. The Balaban J connectivity index is 1.97. The van der Waals surface area contributed by atoms with Crippen molar-refractivity contribution in [3.63, 3.8) is 0 Å². The maximum absolute atomic E-state index is 11.0. The lowest BCUT2D eigenvalue weighted by Crippen LogP contribution is -2.06. The highest BCUT2D eigenvalue weighted by molar-refractivity contribution is 6.33. The van der Waals surface area contributed by atoms with Gasteiger partial charge in [-0.1, -0.05) is 11.6 Å². The maximum atomic E-state index is 11.0. The summed E-state index contributed by atoms with van der Waals surface area (Å²) in [6.45, 7) is 4.56. The molecule has 1 heterocycles. The molecular formula is C16H18ClN3O2. The molecule has 116 valence electrons. The van der Waals surface area contributed by atoms with E-state index in [0.717, 1.165) is 17.1 Å². The summed E-state index contributed by atoms with van der Waals surface area (Å²) >= 11 is 6.19. The Morgan fingerprint density at radius 2 is 2.14 bits per heavy atom. The molecule has 0 aliphatic rings. The van der Waals surface area contributed by atoms with E-state index in [-0.39, 0.29) is 5.91 Å². The van der Waals surface area contributed by atoms with Crippen LogP contribution in [-0.2, 0) is 11.3 Å². The van der Waals surface area contributed by atoms with Gasteiger partial charge in [0.15, 0.2) is 0 Å². The Morgan fingerprint density at radius 1 is 1.32 bits per heavy atom. The van der Waals surface area contributed by atoms with Crippen molar-refractivity contribution in [2.24, 2.45) is 0 Å². The summed E-state index contributed by atoms with van der Waals surface area (Å²) in [5.41, 5.74) is 2.33. The molecule has 1 aromatic heterocycles. The summed E-state index contributed by atoms with van der Waals surface area (Å²) in [5, 5.41) is 6.44. The van der Waals surface area contributed by atoms with E-state index in [0.29, 0.717) is 23.9 Å². The van der Waals surface area contributed by atoms with Crippen molar-refractivity contribution in [3.8, 4) is 5.75 Å². The fourth-order valence-corrected chi connectivity index (χ4v) is 2.14. The minimum Gasteiger partial charge on any atom is -0.492 e. The van der Waals surface area contributed by atoms with Crippen LogP contribution in [0.5, 0.6) is 5.75 Å². The van der Waals surface area contributed by atoms with E-state index in [4.69, 9.17) is 16.3 Å². The molecule has 0 fully saturated rings. The van der Waals surface area contributed by atoms with E-state index in [1.807, 2.05) is 25.1 Å². The number of hydrogen-bond acceptors (Lipinski definition) is 4. The van der Waals surface area contributed by atoms with Crippen LogP contribution < -0.4 is 15.4 Å². The van der Waals surface area contributed by atoms with Crippen LogP contribution in [0.4, 0.5) is 11.4 Å². The zero-order valence-electron chi connectivity index (χ0n) is 12.5. The fraction of sp³-hybridized carbons (Fsp3) is 0.250. The van der Waals surface area contributed by atoms with Crippen LogP contribution in [0.3, 0.4) is 0 Å². The maximum Gasteiger partial charge on any atom is 0.221 e. The van der Waals surface area contributed by atoms with E-state index in [9.17, 15) is 4.79 Å². The molecule has 0 aliphatic carbocycles. The lowest BCUT2D eigenvalue weighted by Gasteiger charge is -2.10. The molecule has 2 aromatic rings. The summed E-state index contributed by atoms with van der Waals surface area (Å²) < 4.78 is 5.35. The van der Waals surface area contributed by atoms with Crippen molar-refractivity contribution in [3.05, 3.63) is 47.2 Å². The van der Waals surface area contributed by atoms with Gasteiger partial charge in [0.2, 0.25) is 5.91 Å². The van der Waals surface area contributed by atoms with Crippen molar-refractivity contribution < 1.29 is 9.53 Å². The first kappa shape index (κ1) is 16.1. The van der Waals surface area contributed by atoms with Gasteiger partial charge < -0.3 is 15.4 Å². The molecule has 1 aromatic carbocycles. The third kappa shape index (κ3) is 4.63. The molecule has 22 heavy (non-hydrogen) atoms. The fourth-order valence-electron chi connectivity index (χ4n) is 1.89. The lowest BCUT2D eigenvalue weighted by molar-refractivity contribution is -0.114. The summed E-state index contributed by atoms with van der Waals surface area (Å²) in [6, 6.07) is 9.10. The monoisotopic (exact) mass is 319 g/mol. The van der Waals surface area contributed by atoms with Crippen molar-refractivity contribution in [2.45, 2.75) is 20.4 Å². The smallest absolute Gasteiger partial charge is 0.221 e. The first-order valence-corrected chi connectivity index (χ1v) is 7.35. The topological polar surface area (TPSA) is 63.2 Å². The Kier molecular flexibility index (Phi) is 5.61.